The first-order chi connectivity index (χ1) is 14.3. The molecule has 156 valence electrons. The Morgan fingerprint density at radius 1 is 1.10 bits per heavy atom. The first-order valence-electron chi connectivity index (χ1n) is 9.38. The second-order valence-corrected chi connectivity index (χ2v) is 9.34. The maximum absolute atomic E-state index is 14.4. The van der Waals surface area contributed by atoms with Crippen LogP contribution in [0, 0.1) is 34.7 Å². The highest BCUT2D eigenvalue weighted by atomic mass is 32.2. The number of sulfonamides is 1. The van der Waals surface area contributed by atoms with Crippen LogP contribution in [-0.4, -0.2) is 25.7 Å². The molecule has 0 saturated heterocycles. The third-order valence-corrected chi connectivity index (χ3v) is 6.60. The maximum atomic E-state index is 14.4. The summed E-state index contributed by atoms with van der Waals surface area (Å²) in [7, 11) is -3.63. The number of aromatic amines is 1. The van der Waals surface area contributed by atoms with Gasteiger partial charge in [0.15, 0.2) is 5.75 Å². The van der Waals surface area contributed by atoms with Gasteiger partial charge >= 0.3 is 0 Å². The van der Waals surface area contributed by atoms with E-state index >= 15 is 0 Å². The smallest absolute Gasteiger partial charge is 0.225 e. The number of nitriles is 1. The number of nitrogens with one attached hydrogen (secondary N) is 2. The Kier molecular flexibility index (Phi) is 5.30. The van der Waals surface area contributed by atoms with Crippen LogP contribution in [0.2, 0.25) is 0 Å². The van der Waals surface area contributed by atoms with E-state index in [1.54, 1.807) is 18.2 Å². The van der Waals surface area contributed by atoms with E-state index in [1.165, 1.54) is 18.2 Å². The molecule has 3 aromatic rings. The number of rotatable bonds is 6. The van der Waals surface area contributed by atoms with Crippen molar-refractivity contribution in [1.82, 2.24) is 9.71 Å². The molecule has 30 heavy (non-hydrogen) atoms. The lowest BCUT2D eigenvalue weighted by Crippen LogP contribution is -2.36. The van der Waals surface area contributed by atoms with Gasteiger partial charge in [0, 0.05) is 18.0 Å². The van der Waals surface area contributed by atoms with Crippen LogP contribution in [0.3, 0.4) is 0 Å². The lowest BCUT2D eigenvalue weighted by molar-refractivity contribution is 0.267. The Bertz CT molecular complexity index is 1240. The molecule has 0 spiro atoms. The molecule has 4 rings (SSSR count). The number of nitrogens with zero attached hydrogens (tertiary/aromatic N) is 1. The van der Waals surface area contributed by atoms with Crippen molar-refractivity contribution in [2.75, 3.05) is 12.3 Å². The molecule has 5 nitrogen and oxygen atoms in total. The van der Waals surface area contributed by atoms with Crippen molar-refractivity contribution >= 4 is 20.9 Å². The third-order valence-electron chi connectivity index (χ3n) is 5.49. The average molecular weight is 433 g/mol. The molecule has 1 aromatic heterocycles. The lowest BCUT2D eigenvalue weighted by Gasteiger charge is -2.36. The van der Waals surface area contributed by atoms with E-state index in [4.69, 9.17) is 5.26 Å². The zero-order chi connectivity index (χ0) is 21.5. The van der Waals surface area contributed by atoms with Crippen molar-refractivity contribution in [3.63, 3.8) is 0 Å². The zero-order valence-corrected chi connectivity index (χ0v) is 16.6. The summed E-state index contributed by atoms with van der Waals surface area (Å²) in [5.74, 6) is -2.38. The third kappa shape index (κ3) is 3.93. The number of H-pyrrole nitrogens is 1. The molecule has 1 fully saturated rings. The van der Waals surface area contributed by atoms with Crippen LogP contribution in [0.4, 0.5) is 13.2 Å². The number of hydrogen-bond acceptors (Lipinski definition) is 3. The van der Waals surface area contributed by atoms with Crippen molar-refractivity contribution in [3.05, 3.63) is 59.4 Å². The highest BCUT2D eigenvalue weighted by Crippen LogP contribution is 2.48. The normalized spacial score (nSPS) is 18.9. The summed E-state index contributed by atoms with van der Waals surface area (Å²) in [5, 5.41) is 8.98. The largest absolute Gasteiger partial charge is 0.352 e. The second-order valence-electron chi connectivity index (χ2n) is 7.53. The van der Waals surface area contributed by atoms with Gasteiger partial charge in [-0.1, -0.05) is 0 Å². The van der Waals surface area contributed by atoms with Crippen LogP contribution in [0.25, 0.3) is 22.2 Å². The Hall–Kier alpha value is -2.83. The van der Waals surface area contributed by atoms with E-state index in [-0.39, 0.29) is 23.9 Å². The molecule has 1 heterocycles. The molecule has 0 atom stereocenters. The van der Waals surface area contributed by atoms with E-state index in [2.05, 4.69) is 9.71 Å². The number of fused-ring (bicyclic) bond motifs is 1. The summed E-state index contributed by atoms with van der Waals surface area (Å²) in [6.45, 7) is 0.206. The Labute approximate surface area is 171 Å². The molecule has 2 N–H and O–H groups in total. The quantitative estimate of drug-likeness (QED) is 0.611. The minimum atomic E-state index is -3.63. The lowest BCUT2D eigenvalue weighted by atomic mass is 9.70. The van der Waals surface area contributed by atoms with E-state index < -0.39 is 33.2 Å². The van der Waals surface area contributed by atoms with Crippen LogP contribution in [0.15, 0.2) is 36.4 Å². The number of hydrogen-bond donors (Lipinski definition) is 2. The molecule has 0 bridgehead atoms. The number of halogens is 3. The average Bonchev–Trinajstić information content (AvgIpc) is 3.00. The van der Waals surface area contributed by atoms with Gasteiger partial charge in [-0.25, -0.2) is 26.3 Å². The van der Waals surface area contributed by atoms with Gasteiger partial charge in [-0.05, 0) is 66.1 Å². The number of benzene rings is 2. The second kappa shape index (κ2) is 7.78. The maximum Gasteiger partial charge on any atom is 0.225 e. The van der Waals surface area contributed by atoms with Crippen LogP contribution < -0.4 is 4.72 Å². The fraction of sp³-hybridized carbons (Fsp3) is 0.286. The molecule has 1 aliphatic rings. The fourth-order valence-electron chi connectivity index (χ4n) is 4.03. The summed E-state index contributed by atoms with van der Waals surface area (Å²) < 4.78 is 67.4. The van der Waals surface area contributed by atoms with Crippen molar-refractivity contribution in [1.29, 1.82) is 5.26 Å². The van der Waals surface area contributed by atoms with E-state index in [0.29, 0.717) is 29.5 Å². The zero-order valence-electron chi connectivity index (χ0n) is 15.8. The van der Waals surface area contributed by atoms with Crippen LogP contribution >= 0.6 is 0 Å². The van der Waals surface area contributed by atoms with Crippen LogP contribution in [0.1, 0.15) is 24.3 Å². The molecular weight excluding hydrogens is 415 g/mol. The van der Waals surface area contributed by atoms with Crippen molar-refractivity contribution in [2.45, 2.75) is 18.8 Å². The Balaban J connectivity index is 1.64. The van der Waals surface area contributed by atoms with E-state index in [0.717, 1.165) is 11.6 Å². The fourth-order valence-corrected chi connectivity index (χ4v) is 4.79. The SMILES string of the molecule is N#CCS(=O)(=O)NCC1CC(c2c(-c3ccc(F)cc3)[nH]c3c(F)cc(F)cc23)C1. The summed E-state index contributed by atoms with van der Waals surface area (Å²) in [6.07, 6.45) is 1.24. The summed E-state index contributed by atoms with van der Waals surface area (Å²) in [6, 6.07) is 9.44. The summed E-state index contributed by atoms with van der Waals surface area (Å²) in [4.78, 5) is 3.02. The molecular formula is C21H18F3N3O2S. The highest BCUT2D eigenvalue weighted by Gasteiger charge is 2.35. The van der Waals surface area contributed by atoms with Crippen LogP contribution in [0.5, 0.6) is 0 Å². The first-order valence-corrected chi connectivity index (χ1v) is 11.0. The molecule has 0 unspecified atom stereocenters. The molecule has 1 aliphatic carbocycles. The molecule has 2 aromatic carbocycles. The molecule has 1 saturated carbocycles. The molecule has 0 amide bonds. The van der Waals surface area contributed by atoms with Crippen LogP contribution in [-0.2, 0) is 10.0 Å². The summed E-state index contributed by atoms with van der Waals surface area (Å²) >= 11 is 0. The summed E-state index contributed by atoms with van der Waals surface area (Å²) in [5.41, 5.74) is 2.18. The molecule has 0 radical (unpaired) electrons. The van der Waals surface area contributed by atoms with Gasteiger partial charge in [-0.3, -0.25) is 0 Å². The van der Waals surface area contributed by atoms with Gasteiger partial charge in [0.1, 0.15) is 17.5 Å². The Morgan fingerprint density at radius 3 is 2.47 bits per heavy atom. The topological polar surface area (TPSA) is 85.8 Å². The minimum absolute atomic E-state index is 0.0366. The predicted octanol–water partition coefficient (Wildman–Crippen LogP) is 4.19. The van der Waals surface area contributed by atoms with Gasteiger partial charge in [0.05, 0.1) is 17.3 Å². The van der Waals surface area contributed by atoms with E-state index in [1.807, 2.05) is 0 Å². The van der Waals surface area contributed by atoms with Crippen molar-refractivity contribution < 1.29 is 21.6 Å². The Morgan fingerprint density at radius 2 is 1.80 bits per heavy atom. The predicted molar refractivity (Wildman–Crippen MR) is 106 cm³/mol. The highest BCUT2D eigenvalue weighted by molar-refractivity contribution is 7.89. The van der Waals surface area contributed by atoms with Crippen molar-refractivity contribution in [3.8, 4) is 17.3 Å². The van der Waals surface area contributed by atoms with Crippen molar-refractivity contribution in [2.24, 2.45) is 5.92 Å². The molecule has 0 aliphatic heterocycles. The minimum Gasteiger partial charge on any atom is -0.352 e. The first kappa shape index (κ1) is 20.4. The molecule has 9 heteroatoms. The van der Waals surface area contributed by atoms with Gasteiger partial charge < -0.3 is 4.98 Å². The van der Waals surface area contributed by atoms with Gasteiger partial charge in [-0.2, -0.15) is 5.26 Å². The monoisotopic (exact) mass is 433 g/mol. The standard InChI is InChI=1S/C21H18F3N3O2S/c22-15-3-1-13(2-4-15)20-19(17-9-16(23)10-18(24)21(17)27-20)14-7-12(8-14)11-26-30(28,29)6-5-25/h1-4,9-10,12,14,26-27H,6-8,11H2. The van der Waals surface area contributed by atoms with E-state index in [9.17, 15) is 21.6 Å². The number of aromatic nitrogens is 1. The van der Waals surface area contributed by atoms with Gasteiger partial charge in [0.2, 0.25) is 10.0 Å². The van der Waals surface area contributed by atoms with Gasteiger partial charge in [-0.15, -0.1) is 0 Å². The van der Waals surface area contributed by atoms with Gasteiger partial charge in [0.25, 0.3) is 0 Å².